The van der Waals surface area contributed by atoms with E-state index in [0.29, 0.717) is 5.69 Å². The van der Waals surface area contributed by atoms with Gasteiger partial charge in [-0.05, 0) is 50.7 Å². The monoisotopic (exact) mass is 338 g/mol. The van der Waals surface area contributed by atoms with Crippen molar-refractivity contribution >= 4 is 23.4 Å². The SMILES string of the molecule is Cc1ccc(NC(=O)[C@H](C)N2C(=O)[C@H]3[C@H](C2=O)[C@H]2C=C[C@H]3CC2)cc1. The number of nitrogens with one attached hydrogen (secondary N) is 1. The Morgan fingerprint density at radius 2 is 1.56 bits per heavy atom. The lowest BCUT2D eigenvalue weighted by Crippen LogP contribution is -2.46. The van der Waals surface area contributed by atoms with Crippen LogP contribution in [0.15, 0.2) is 36.4 Å². The molecule has 1 aromatic rings. The van der Waals surface area contributed by atoms with Gasteiger partial charge in [-0.1, -0.05) is 29.8 Å². The lowest BCUT2D eigenvalue weighted by atomic mass is 9.63. The molecule has 1 N–H and O–H groups in total. The number of benzene rings is 1. The molecular weight excluding hydrogens is 316 g/mol. The van der Waals surface area contributed by atoms with Gasteiger partial charge >= 0.3 is 0 Å². The van der Waals surface area contributed by atoms with E-state index in [1.54, 1.807) is 6.92 Å². The van der Waals surface area contributed by atoms with Crippen LogP contribution in [0.2, 0.25) is 0 Å². The van der Waals surface area contributed by atoms with Gasteiger partial charge in [0.2, 0.25) is 17.7 Å². The van der Waals surface area contributed by atoms with Crippen LogP contribution in [0.25, 0.3) is 0 Å². The molecule has 0 unspecified atom stereocenters. The summed E-state index contributed by atoms with van der Waals surface area (Å²) in [7, 11) is 0. The molecule has 0 aromatic heterocycles. The molecule has 3 amide bonds. The molecule has 0 spiro atoms. The Hall–Kier alpha value is -2.43. The minimum absolute atomic E-state index is 0.142. The van der Waals surface area contributed by atoms with Crippen LogP contribution >= 0.6 is 0 Å². The minimum atomic E-state index is -0.800. The summed E-state index contributed by atoms with van der Waals surface area (Å²) >= 11 is 0. The molecule has 1 aromatic carbocycles. The number of aryl methyl sites for hydroxylation is 1. The molecule has 2 fully saturated rings. The zero-order valence-corrected chi connectivity index (χ0v) is 14.4. The quantitative estimate of drug-likeness (QED) is 0.680. The van der Waals surface area contributed by atoms with Crippen molar-refractivity contribution in [3.8, 4) is 0 Å². The summed E-state index contributed by atoms with van der Waals surface area (Å²) < 4.78 is 0. The second-order valence-corrected chi connectivity index (χ2v) is 7.42. The fraction of sp³-hybridized carbons (Fsp3) is 0.450. The molecule has 5 nitrogen and oxygen atoms in total. The number of likely N-dealkylation sites (tertiary alicyclic amines) is 1. The summed E-state index contributed by atoms with van der Waals surface area (Å²) in [5, 5.41) is 2.81. The zero-order chi connectivity index (χ0) is 17.7. The average Bonchev–Trinajstić information content (AvgIpc) is 2.90. The molecule has 0 radical (unpaired) electrons. The number of hydrogen-bond donors (Lipinski definition) is 1. The van der Waals surface area contributed by atoms with Gasteiger partial charge in [0.25, 0.3) is 0 Å². The highest BCUT2D eigenvalue weighted by atomic mass is 16.2. The standard InChI is InChI=1S/C20H22N2O3/c1-11-3-9-15(10-4-11)21-18(23)12(2)22-19(24)16-13-5-6-14(8-7-13)17(16)20(22)25/h3-6,9-10,12-14,16-17H,7-8H2,1-2H3,(H,21,23)/t12-,13-,14-,16+,17+/m0/s1. The van der Waals surface area contributed by atoms with E-state index in [0.717, 1.165) is 18.4 Å². The summed E-state index contributed by atoms with van der Waals surface area (Å²) in [5.41, 5.74) is 1.77. The molecule has 2 bridgehead atoms. The third-order valence-electron chi connectivity index (χ3n) is 5.88. The van der Waals surface area contributed by atoms with Gasteiger partial charge in [-0.15, -0.1) is 0 Å². The number of allylic oxidation sites excluding steroid dienone is 2. The van der Waals surface area contributed by atoms with Crippen molar-refractivity contribution in [3.63, 3.8) is 0 Å². The highest BCUT2D eigenvalue weighted by Gasteiger charge is 2.58. The van der Waals surface area contributed by atoms with Crippen LogP contribution in [0, 0.1) is 30.6 Å². The largest absolute Gasteiger partial charge is 0.324 e. The Morgan fingerprint density at radius 1 is 1.04 bits per heavy atom. The lowest BCUT2D eigenvalue weighted by Gasteiger charge is -2.38. The van der Waals surface area contributed by atoms with Crippen molar-refractivity contribution in [1.82, 2.24) is 4.90 Å². The van der Waals surface area contributed by atoms with Gasteiger partial charge in [-0.2, -0.15) is 0 Å². The molecule has 1 heterocycles. The van der Waals surface area contributed by atoms with Crippen LogP contribution in [-0.4, -0.2) is 28.7 Å². The van der Waals surface area contributed by atoms with Crippen molar-refractivity contribution in [2.45, 2.75) is 32.7 Å². The topological polar surface area (TPSA) is 66.5 Å². The summed E-state index contributed by atoms with van der Waals surface area (Å²) in [6, 6.07) is 6.65. The van der Waals surface area contributed by atoms with Crippen LogP contribution in [0.3, 0.4) is 0 Å². The Balaban J connectivity index is 1.53. The number of carbonyl (C=O) groups excluding carboxylic acids is 3. The second-order valence-electron chi connectivity index (χ2n) is 7.42. The average molecular weight is 338 g/mol. The molecule has 130 valence electrons. The maximum Gasteiger partial charge on any atom is 0.247 e. The smallest absolute Gasteiger partial charge is 0.247 e. The maximum atomic E-state index is 12.9. The van der Waals surface area contributed by atoms with E-state index in [1.807, 2.05) is 31.2 Å². The van der Waals surface area contributed by atoms with E-state index in [1.165, 1.54) is 4.90 Å². The van der Waals surface area contributed by atoms with E-state index in [-0.39, 0.29) is 41.4 Å². The van der Waals surface area contributed by atoms with Gasteiger partial charge in [-0.3, -0.25) is 19.3 Å². The Morgan fingerprint density at radius 3 is 2.04 bits per heavy atom. The van der Waals surface area contributed by atoms with Crippen molar-refractivity contribution in [2.24, 2.45) is 23.7 Å². The fourth-order valence-corrected chi connectivity index (χ4v) is 4.48. The van der Waals surface area contributed by atoms with Crippen molar-refractivity contribution in [2.75, 3.05) is 5.32 Å². The number of imide groups is 1. The molecule has 5 atom stereocenters. The minimum Gasteiger partial charge on any atom is -0.324 e. The number of nitrogens with zero attached hydrogens (tertiary/aromatic N) is 1. The molecule has 25 heavy (non-hydrogen) atoms. The molecule has 4 aliphatic rings. The fourth-order valence-electron chi connectivity index (χ4n) is 4.48. The number of carbonyl (C=O) groups is 3. The third-order valence-corrected chi connectivity index (χ3v) is 5.88. The zero-order valence-electron chi connectivity index (χ0n) is 14.4. The maximum absolute atomic E-state index is 12.9. The van der Waals surface area contributed by atoms with Gasteiger partial charge in [0.05, 0.1) is 11.8 Å². The predicted molar refractivity (Wildman–Crippen MR) is 93.5 cm³/mol. The Bertz CT molecular complexity index is 736. The molecule has 5 heteroatoms. The number of amides is 3. The Kier molecular flexibility index (Phi) is 3.74. The first-order valence-electron chi connectivity index (χ1n) is 8.90. The summed E-state index contributed by atoms with van der Waals surface area (Å²) in [6.07, 6.45) is 6.08. The number of rotatable bonds is 3. The van der Waals surface area contributed by atoms with Crippen LogP contribution in [0.5, 0.6) is 0 Å². The van der Waals surface area contributed by atoms with Gasteiger partial charge in [0.1, 0.15) is 6.04 Å². The number of fused-ring (bicyclic) bond motifs is 1. The van der Waals surface area contributed by atoms with Crippen molar-refractivity contribution < 1.29 is 14.4 Å². The summed E-state index contributed by atoms with van der Waals surface area (Å²) in [6.45, 7) is 3.60. The van der Waals surface area contributed by atoms with Crippen LogP contribution < -0.4 is 5.32 Å². The first kappa shape index (κ1) is 16.1. The highest BCUT2D eigenvalue weighted by Crippen LogP contribution is 2.49. The number of hydrogen-bond acceptors (Lipinski definition) is 3. The normalized spacial score (nSPS) is 31.2. The first-order chi connectivity index (χ1) is 12.0. The first-order valence-corrected chi connectivity index (χ1v) is 8.90. The van der Waals surface area contributed by atoms with Crippen molar-refractivity contribution in [3.05, 3.63) is 42.0 Å². The Labute approximate surface area is 147 Å². The van der Waals surface area contributed by atoms with E-state index in [9.17, 15) is 14.4 Å². The van der Waals surface area contributed by atoms with E-state index >= 15 is 0 Å². The van der Waals surface area contributed by atoms with Crippen LogP contribution in [0.1, 0.15) is 25.3 Å². The number of anilines is 1. The molecular formula is C20H22N2O3. The van der Waals surface area contributed by atoms with Gasteiger partial charge in [0, 0.05) is 5.69 Å². The lowest BCUT2D eigenvalue weighted by molar-refractivity contribution is -0.146. The van der Waals surface area contributed by atoms with Crippen LogP contribution in [0.4, 0.5) is 5.69 Å². The summed E-state index contributed by atoms with van der Waals surface area (Å²) in [5.74, 6) is -0.949. The summed E-state index contributed by atoms with van der Waals surface area (Å²) in [4.78, 5) is 39.5. The van der Waals surface area contributed by atoms with E-state index < -0.39 is 6.04 Å². The van der Waals surface area contributed by atoms with Crippen LogP contribution in [-0.2, 0) is 14.4 Å². The van der Waals surface area contributed by atoms with Crippen molar-refractivity contribution in [1.29, 1.82) is 0 Å². The van der Waals surface area contributed by atoms with E-state index in [4.69, 9.17) is 0 Å². The van der Waals surface area contributed by atoms with Gasteiger partial charge in [-0.25, -0.2) is 0 Å². The highest BCUT2D eigenvalue weighted by molar-refractivity contribution is 6.10. The van der Waals surface area contributed by atoms with E-state index in [2.05, 4.69) is 17.5 Å². The molecule has 5 rings (SSSR count). The molecule has 1 saturated carbocycles. The third kappa shape index (κ3) is 2.49. The molecule has 1 aliphatic heterocycles. The predicted octanol–water partition coefficient (Wildman–Crippen LogP) is 2.52. The second kappa shape index (κ2) is 5.83. The van der Waals surface area contributed by atoms with Gasteiger partial charge < -0.3 is 5.32 Å². The molecule has 3 aliphatic carbocycles. The van der Waals surface area contributed by atoms with Gasteiger partial charge in [0.15, 0.2) is 0 Å². The molecule has 1 saturated heterocycles.